The summed E-state index contributed by atoms with van der Waals surface area (Å²) in [5.74, 6) is -0.166. The number of para-hydroxylation sites is 1. The van der Waals surface area contributed by atoms with Crippen LogP contribution in [-0.2, 0) is 7.05 Å². The maximum absolute atomic E-state index is 13.3. The molecular weight excluding hydrogens is 378 g/mol. The maximum Gasteiger partial charge on any atom is 0.254 e. The van der Waals surface area contributed by atoms with Crippen LogP contribution in [0.4, 0.5) is 0 Å². The summed E-state index contributed by atoms with van der Waals surface area (Å²) >= 11 is 0. The van der Waals surface area contributed by atoms with E-state index in [4.69, 9.17) is 0 Å². The largest absolute Gasteiger partial charge is 0.337 e. The third-order valence-corrected chi connectivity index (χ3v) is 5.72. The lowest BCUT2D eigenvalue weighted by molar-refractivity contribution is 0.0719. The highest BCUT2D eigenvalue weighted by Crippen LogP contribution is 2.19. The van der Waals surface area contributed by atoms with Crippen molar-refractivity contribution in [1.29, 1.82) is 0 Å². The molecule has 6 nitrogen and oxygen atoms in total. The molecule has 1 aromatic heterocycles. The van der Waals surface area contributed by atoms with Gasteiger partial charge in [-0.2, -0.15) is 0 Å². The summed E-state index contributed by atoms with van der Waals surface area (Å²) in [6.07, 6.45) is 0.700. The molecule has 3 aromatic rings. The standard InChI is InChI=1S/C24H25N3O3/c1-17-7-5-8-18(15-17)23(29)26-11-6-12-27(14-13-26)24(30)20-16-22(28)25(2)21-10-4-3-9-19(20)21/h3-5,7-10,15-16H,6,11-14H2,1-2H3. The lowest BCUT2D eigenvalue weighted by Gasteiger charge is -2.23. The first-order valence-electron chi connectivity index (χ1n) is 10.2. The zero-order valence-electron chi connectivity index (χ0n) is 17.3. The molecular formula is C24H25N3O3. The Balaban J connectivity index is 1.56. The lowest BCUT2D eigenvalue weighted by atomic mass is 10.1. The van der Waals surface area contributed by atoms with E-state index < -0.39 is 0 Å². The SMILES string of the molecule is Cc1cccc(C(=O)N2CCCN(C(=O)c3cc(=O)n(C)c4ccccc34)CC2)c1. The fourth-order valence-electron chi connectivity index (χ4n) is 4.04. The molecule has 0 unspecified atom stereocenters. The number of rotatable bonds is 2. The van der Waals surface area contributed by atoms with Gasteiger partial charge in [-0.15, -0.1) is 0 Å². The molecule has 0 saturated carbocycles. The van der Waals surface area contributed by atoms with E-state index in [-0.39, 0.29) is 17.4 Å². The van der Waals surface area contributed by atoms with Crippen LogP contribution in [0.2, 0.25) is 0 Å². The van der Waals surface area contributed by atoms with Crippen LogP contribution in [0, 0.1) is 6.92 Å². The van der Waals surface area contributed by atoms with Crippen molar-refractivity contribution in [3.8, 4) is 0 Å². The third-order valence-electron chi connectivity index (χ3n) is 5.72. The number of amides is 2. The molecule has 1 fully saturated rings. The summed E-state index contributed by atoms with van der Waals surface area (Å²) in [7, 11) is 1.71. The molecule has 1 saturated heterocycles. The van der Waals surface area contributed by atoms with Crippen molar-refractivity contribution in [2.24, 2.45) is 7.05 Å². The average Bonchev–Trinajstić information content (AvgIpc) is 3.01. The van der Waals surface area contributed by atoms with Gasteiger partial charge in [-0.25, -0.2) is 0 Å². The zero-order chi connectivity index (χ0) is 21.3. The summed E-state index contributed by atoms with van der Waals surface area (Å²) in [6, 6.07) is 16.4. The van der Waals surface area contributed by atoms with Crippen molar-refractivity contribution in [2.45, 2.75) is 13.3 Å². The van der Waals surface area contributed by atoms with Crippen molar-refractivity contribution in [3.63, 3.8) is 0 Å². The zero-order valence-corrected chi connectivity index (χ0v) is 17.3. The van der Waals surface area contributed by atoms with Gasteiger partial charge < -0.3 is 14.4 Å². The number of carbonyl (C=O) groups is 2. The van der Waals surface area contributed by atoms with Gasteiger partial charge in [0.05, 0.1) is 11.1 Å². The number of hydrogen-bond donors (Lipinski definition) is 0. The van der Waals surface area contributed by atoms with Crippen molar-refractivity contribution < 1.29 is 9.59 Å². The Labute approximate surface area is 175 Å². The fraction of sp³-hybridized carbons (Fsp3) is 0.292. The normalized spacial score (nSPS) is 14.6. The van der Waals surface area contributed by atoms with Crippen molar-refractivity contribution in [3.05, 3.63) is 81.6 Å². The Kier molecular flexibility index (Phi) is 5.40. The molecule has 0 spiro atoms. The Morgan fingerprint density at radius 1 is 0.833 bits per heavy atom. The molecule has 2 aromatic carbocycles. The van der Waals surface area contributed by atoms with Crippen LogP contribution in [0.3, 0.4) is 0 Å². The van der Waals surface area contributed by atoms with Gasteiger partial charge in [0.15, 0.2) is 0 Å². The number of pyridine rings is 1. The van der Waals surface area contributed by atoms with Gasteiger partial charge in [0.25, 0.3) is 17.4 Å². The predicted molar refractivity (Wildman–Crippen MR) is 117 cm³/mol. The van der Waals surface area contributed by atoms with Crippen LogP contribution in [0.25, 0.3) is 10.9 Å². The van der Waals surface area contributed by atoms with Crippen molar-refractivity contribution in [1.82, 2.24) is 14.4 Å². The number of hydrogen-bond acceptors (Lipinski definition) is 3. The molecule has 1 aliphatic rings. The highest BCUT2D eigenvalue weighted by atomic mass is 16.2. The van der Waals surface area contributed by atoms with E-state index in [1.807, 2.05) is 60.4 Å². The van der Waals surface area contributed by atoms with Gasteiger partial charge in [-0.05, 0) is 31.5 Å². The highest BCUT2D eigenvalue weighted by molar-refractivity contribution is 6.06. The molecule has 0 aliphatic carbocycles. The topological polar surface area (TPSA) is 62.6 Å². The van der Waals surface area contributed by atoms with E-state index in [9.17, 15) is 14.4 Å². The van der Waals surface area contributed by atoms with Crippen LogP contribution in [-0.4, -0.2) is 52.4 Å². The van der Waals surface area contributed by atoms with E-state index >= 15 is 0 Å². The summed E-state index contributed by atoms with van der Waals surface area (Å²) in [5, 5.41) is 0.765. The molecule has 2 heterocycles. The fourth-order valence-corrected chi connectivity index (χ4v) is 4.04. The Morgan fingerprint density at radius 3 is 2.27 bits per heavy atom. The minimum Gasteiger partial charge on any atom is -0.337 e. The number of carbonyl (C=O) groups excluding carboxylic acids is 2. The number of benzene rings is 2. The van der Waals surface area contributed by atoms with Gasteiger partial charge in [-0.1, -0.05) is 35.9 Å². The molecule has 30 heavy (non-hydrogen) atoms. The monoisotopic (exact) mass is 403 g/mol. The molecule has 4 rings (SSSR count). The van der Waals surface area contributed by atoms with Crippen LogP contribution in [0.15, 0.2) is 59.4 Å². The van der Waals surface area contributed by atoms with E-state index in [1.165, 1.54) is 6.07 Å². The Hall–Kier alpha value is -3.41. The molecule has 154 valence electrons. The molecule has 0 atom stereocenters. The van der Waals surface area contributed by atoms with Gasteiger partial charge in [-0.3, -0.25) is 14.4 Å². The van der Waals surface area contributed by atoms with Gasteiger partial charge in [0.1, 0.15) is 0 Å². The Bertz CT molecular complexity index is 1180. The number of aryl methyl sites for hydroxylation is 2. The molecule has 0 N–H and O–H groups in total. The van der Waals surface area contributed by atoms with Crippen LogP contribution < -0.4 is 5.56 Å². The number of aromatic nitrogens is 1. The van der Waals surface area contributed by atoms with Crippen molar-refractivity contribution >= 4 is 22.7 Å². The molecule has 0 radical (unpaired) electrons. The number of nitrogens with zero attached hydrogens (tertiary/aromatic N) is 3. The first kappa shape index (κ1) is 19.9. The van der Waals surface area contributed by atoms with E-state index in [0.29, 0.717) is 43.7 Å². The third kappa shape index (κ3) is 3.73. The minimum atomic E-state index is -0.205. The second-order valence-electron chi connectivity index (χ2n) is 7.78. The summed E-state index contributed by atoms with van der Waals surface area (Å²) in [5.41, 5.74) is 2.67. The van der Waals surface area contributed by atoms with Crippen molar-refractivity contribution in [2.75, 3.05) is 26.2 Å². The first-order chi connectivity index (χ1) is 14.5. The second kappa shape index (κ2) is 8.14. The van der Waals surface area contributed by atoms with Gasteiger partial charge in [0, 0.05) is 50.2 Å². The number of fused-ring (bicyclic) bond motifs is 1. The van der Waals surface area contributed by atoms with Gasteiger partial charge >= 0.3 is 0 Å². The predicted octanol–water partition coefficient (Wildman–Crippen LogP) is 2.84. The summed E-state index contributed by atoms with van der Waals surface area (Å²) in [6.45, 7) is 4.04. The average molecular weight is 403 g/mol. The van der Waals surface area contributed by atoms with Crippen LogP contribution in [0.5, 0.6) is 0 Å². The maximum atomic E-state index is 13.3. The highest BCUT2D eigenvalue weighted by Gasteiger charge is 2.25. The second-order valence-corrected chi connectivity index (χ2v) is 7.78. The summed E-state index contributed by atoms with van der Waals surface area (Å²) in [4.78, 5) is 42.1. The van der Waals surface area contributed by atoms with E-state index in [0.717, 1.165) is 16.5 Å². The lowest BCUT2D eigenvalue weighted by Crippen LogP contribution is -2.38. The molecule has 2 amide bonds. The quantitative estimate of drug-likeness (QED) is 0.661. The molecule has 0 bridgehead atoms. The molecule has 1 aliphatic heterocycles. The van der Waals surface area contributed by atoms with Crippen LogP contribution >= 0.6 is 0 Å². The minimum absolute atomic E-state index is 0.00738. The van der Waals surface area contributed by atoms with Gasteiger partial charge in [0.2, 0.25) is 0 Å². The van der Waals surface area contributed by atoms with E-state index in [1.54, 1.807) is 16.5 Å². The smallest absolute Gasteiger partial charge is 0.254 e. The summed E-state index contributed by atoms with van der Waals surface area (Å²) < 4.78 is 1.55. The Morgan fingerprint density at radius 2 is 1.53 bits per heavy atom. The molecule has 6 heteroatoms. The van der Waals surface area contributed by atoms with Crippen LogP contribution in [0.1, 0.15) is 32.7 Å². The first-order valence-corrected chi connectivity index (χ1v) is 10.2. The van der Waals surface area contributed by atoms with E-state index in [2.05, 4.69) is 0 Å².